The molecule has 0 bridgehead atoms. The summed E-state index contributed by atoms with van der Waals surface area (Å²) in [6.45, 7) is 0.452. The van der Waals surface area contributed by atoms with E-state index in [1.807, 2.05) is 24.3 Å². The fourth-order valence-electron chi connectivity index (χ4n) is 1.88. The van der Waals surface area contributed by atoms with Gasteiger partial charge in [0.2, 0.25) is 0 Å². The van der Waals surface area contributed by atoms with Crippen molar-refractivity contribution in [2.75, 3.05) is 11.9 Å². The van der Waals surface area contributed by atoms with Gasteiger partial charge in [-0.2, -0.15) is 5.26 Å². The van der Waals surface area contributed by atoms with Gasteiger partial charge in [-0.1, -0.05) is 6.07 Å². The van der Waals surface area contributed by atoms with Crippen LogP contribution in [0.2, 0.25) is 0 Å². The van der Waals surface area contributed by atoms with Crippen molar-refractivity contribution in [1.82, 2.24) is 4.98 Å². The number of pyridine rings is 1. The van der Waals surface area contributed by atoms with Crippen molar-refractivity contribution in [3.05, 3.63) is 64.0 Å². The Kier molecular flexibility index (Phi) is 3.91. The van der Waals surface area contributed by atoms with E-state index in [1.165, 1.54) is 6.07 Å². The SMILES string of the molecule is CN(Cc1ccccn1)c1ccc(C#N)cc1[N+](=O)[O-]. The minimum atomic E-state index is -0.481. The molecule has 1 aromatic heterocycles. The van der Waals surface area contributed by atoms with Gasteiger partial charge in [0.25, 0.3) is 5.69 Å². The Hall–Kier alpha value is -2.94. The molecule has 0 aliphatic carbocycles. The minimum Gasteiger partial charge on any atom is -0.363 e. The van der Waals surface area contributed by atoms with Crippen LogP contribution < -0.4 is 4.90 Å². The summed E-state index contributed by atoms with van der Waals surface area (Å²) < 4.78 is 0. The molecule has 0 atom stereocenters. The second-order valence-electron chi connectivity index (χ2n) is 4.25. The quantitative estimate of drug-likeness (QED) is 0.628. The fraction of sp³-hybridized carbons (Fsp3) is 0.143. The average Bonchev–Trinajstić information content (AvgIpc) is 2.47. The lowest BCUT2D eigenvalue weighted by Gasteiger charge is -2.18. The Morgan fingerprint density at radius 1 is 1.40 bits per heavy atom. The Balaban J connectivity index is 2.32. The second kappa shape index (κ2) is 5.80. The number of nitro benzene ring substituents is 1. The maximum absolute atomic E-state index is 11.1. The molecule has 2 aromatic rings. The van der Waals surface area contributed by atoms with Crippen LogP contribution >= 0.6 is 0 Å². The maximum Gasteiger partial charge on any atom is 0.293 e. The van der Waals surface area contributed by atoms with Crippen molar-refractivity contribution < 1.29 is 4.92 Å². The van der Waals surface area contributed by atoms with Crippen LogP contribution in [0.5, 0.6) is 0 Å². The average molecular weight is 268 g/mol. The van der Waals surface area contributed by atoms with Crippen molar-refractivity contribution in [3.63, 3.8) is 0 Å². The van der Waals surface area contributed by atoms with Crippen LogP contribution in [0.1, 0.15) is 11.3 Å². The Bertz CT molecular complexity index is 665. The summed E-state index contributed by atoms with van der Waals surface area (Å²) in [7, 11) is 1.75. The molecule has 0 N–H and O–H groups in total. The lowest BCUT2D eigenvalue weighted by Crippen LogP contribution is -2.18. The van der Waals surface area contributed by atoms with Gasteiger partial charge in [-0.15, -0.1) is 0 Å². The van der Waals surface area contributed by atoms with E-state index in [1.54, 1.807) is 30.3 Å². The summed E-state index contributed by atoms with van der Waals surface area (Å²) in [6, 6.07) is 11.9. The van der Waals surface area contributed by atoms with Gasteiger partial charge in [-0.05, 0) is 24.3 Å². The summed E-state index contributed by atoms with van der Waals surface area (Å²) in [5, 5.41) is 19.9. The molecular weight excluding hydrogens is 256 g/mol. The third kappa shape index (κ3) is 2.90. The van der Waals surface area contributed by atoms with Gasteiger partial charge in [0, 0.05) is 19.3 Å². The van der Waals surface area contributed by atoms with E-state index in [9.17, 15) is 10.1 Å². The van der Waals surface area contributed by atoms with Crippen LogP contribution in [-0.2, 0) is 6.54 Å². The molecule has 100 valence electrons. The number of hydrogen-bond donors (Lipinski definition) is 0. The molecule has 20 heavy (non-hydrogen) atoms. The zero-order valence-electron chi connectivity index (χ0n) is 10.9. The maximum atomic E-state index is 11.1. The fourth-order valence-corrected chi connectivity index (χ4v) is 1.88. The van der Waals surface area contributed by atoms with Crippen molar-refractivity contribution in [2.24, 2.45) is 0 Å². The molecule has 0 saturated heterocycles. The van der Waals surface area contributed by atoms with Crippen molar-refractivity contribution in [3.8, 4) is 6.07 Å². The first kappa shape index (κ1) is 13.5. The number of anilines is 1. The molecule has 0 aliphatic rings. The van der Waals surface area contributed by atoms with Crippen molar-refractivity contribution in [1.29, 1.82) is 5.26 Å². The van der Waals surface area contributed by atoms with E-state index in [-0.39, 0.29) is 11.3 Å². The van der Waals surface area contributed by atoms with Crippen LogP contribution in [0.25, 0.3) is 0 Å². The molecule has 6 heteroatoms. The highest BCUT2D eigenvalue weighted by atomic mass is 16.6. The van der Waals surface area contributed by atoms with Gasteiger partial charge in [0.1, 0.15) is 5.69 Å². The molecule has 2 rings (SSSR count). The molecule has 1 heterocycles. The van der Waals surface area contributed by atoms with Gasteiger partial charge >= 0.3 is 0 Å². The topological polar surface area (TPSA) is 83.1 Å². The van der Waals surface area contributed by atoms with Crippen LogP contribution in [0.4, 0.5) is 11.4 Å². The molecule has 0 saturated carbocycles. The van der Waals surface area contributed by atoms with E-state index in [0.29, 0.717) is 12.2 Å². The lowest BCUT2D eigenvalue weighted by molar-refractivity contribution is -0.384. The number of rotatable bonds is 4. The van der Waals surface area contributed by atoms with E-state index >= 15 is 0 Å². The second-order valence-corrected chi connectivity index (χ2v) is 4.25. The predicted molar refractivity (Wildman–Crippen MR) is 74.2 cm³/mol. The summed E-state index contributed by atoms with van der Waals surface area (Å²) in [5.41, 5.74) is 1.46. The van der Waals surface area contributed by atoms with Gasteiger partial charge in [-0.3, -0.25) is 15.1 Å². The molecule has 0 spiro atoms. The Morgan fingerprint density at radius 3 is 2.80 bits per heavy atom. The minimum absolute atomic E-state index is 0.0810. The zero-order chi connectivity index (χ0) is 14.5. The summed E-state index contributed by atoms with van der Waals surface area (Å²) in [4.78, 5) is 16.5. The first-order chi connectivity index (χ1) is 9.61. The highest BCUT2D eigenvalue weighted by molar-refractivity contribution is 5.65. The Labute approximate surface area is 116 Å². The number of benzene rings is 1. The molecule has 0 radical (unpaired) electrons. The highest BCUT2D eigenvalue weighted by Gasteiger charge is 2.18. The number of aromatic nitrogens is 1. The summed E-state index contributed by atoms with van der Waals surface area (Å²) in [5.74, 6) is 0. The normalized spacial score (nSPS) is 9.80. The monoisotopic (exact) mass is 268 g/mol. The molecule has 0 aliphatic heterocycles. The van der Waals surface area contributed by atoms with Gasteiger partial charge in [0.05, 0.1) is 28.8 Å². The number of nitrogens with zero attached hydrogens (tertiary/aromatic N) is 4. The molecule has 1 aromatic carbocycles. The first-order valence-corrected chi connectivity index (χ1v) is 5.91. The lowest BCUT2D eigenvalue weighted by atomic mass is 10.1. The number of nitro groups is 1. The van der Waals surface area contributed by atoms with Crippen LogP contribution in [0.15, 0.2) is 42.6 Å². The predicted octanol–water partition coefficient (Wildman–Crippen LogP) is 2.50. The molecule has 0 fully saturated rings. The zero-order valence-corrected chi connectivity index (χ0v) is 10.9. The molecule has 0 unspecified atom stereocenters. The number of hydrogen-bond acceptors (Lipinski definition) is 5. The van der Waals surface area contributed by atoms with Gasteiger partial charge in [-0.25, -0.2) is 0 Å². The van der Waals surface area contributed by atoms with E-state index in [0.717, 1.165) is 5.69 Å². The third-order valence-corrected chi connectivity index (χ3v) is 2.84. The van der Waals surface area contributed by atoms with Gasteiger partial charge in [0.15, 0.2) is 0 Å². The van der Waals surface area contributed by atoms with Crippen molar-refractivity contribution in [2.45, 2.75) is 6.54 Å². The summed E-state index contributed by atoms with van der Waals surface area (Å²) in [6.07, 6.45) is 1.68. The smallest absolute Gasteiger partial charge is 0.293 e. The van der Waals surface area contributed by atoms with Crippen LogP contribution in [-0.4, -0.2) is 17.0 Å². The van der Waals surface area contributed by atoms with Crippen LogP contribution in [0.3, 0.4) is 0 Å². The standard InChI is InChI=1S/C14H12N4O2/c1-17(10-12-4-2-3-7-16-12)13-6-5-11(9-15)8-14(13)18(19)20/h2-8H,10H2,1H3. The highest BCUT2D eigenvalue weighted by Crippen LogP contribution is 2.29. The Morgan fingerprint density at radius 2 is 2.20 bits per heavy atom. The molecule has 0 amide bonds. The van der Waals surface area contributed by atoms with E-state index in [4.69, 9.17) is 5.26 Å². The number of nitriles is 1. The summed E-state index contributed by atoms with van der Waals surface area (Å²) >= 11 is 0. The third-order valence-electron chi connectivity index (χ3n) is 2.84. The van der Waals surface area contributed by atoms with Crippen LogP contribution in [0, 0.1) is 21.4 Å². The van der Waals surface area contributed by atoms with E-state index < -0.39 is 4.92 Å². The van der Waals surface area contributed by atoms with Gasteiger partial charge < -0.3 is 4.90 Å². The first-order valence-electron chi connectivity index (χ1n) is 5.91. The molecule has 6 nitrogen and oxygen atoms in total. The largest absolute Gasteiger partial charge is 0.363 e. The van der Waals surface area contributed by atoms with E-state index in [2.05, 4.69) is 4.98 Å². The molecular formula is C14H12N4O2. The van der Waals surface area contributed by atoms with Crippen molar-refractivity contribution >= 4 is 11.4 Å².